The van der Waals surface area contributed by atoms with E-state index in [0.717, 1.165) is 0 Å². The first-order chi connectivity index (χ1) is 9.56. The average molecular weight is 275 g/mol. The number of nitrogens with one attached hydrogen (secondary N) is 1. The number of furan rings is 1. The topological polar surface area (TPSA) is 88.8 Å². The molecule has 0 saturated heterocycles. The smallest absolute Gasteiger partial charge is 0.341 e. The summed E-state index contributed by atoms with van der Waals surface area (Å²) < 4.78 is 10.1. The molecule has 104 valence electrons. The van der Waals surface area contributed by atoms with Crippen LogP contribution in [0.2, 0.25) is 0 Å². The van der Waals surface area contributed by atoms with Gasteiger partial charge in [0.25, 0.3) is 5.91 Å². The number of hydrogen-bond donors (Lipinski definition) is 2. The second kappa shape index (κ2) is 5.92. The van der Waals surface area contributed by atoms with Gasteiger partial charge in [-0.3, -0.25) is 4.79 Å². The Balaban J connectivity index is 2.06. The van der Waals surface area contributed by atoms with Crippen LogP contribution in [-0.2, 0) is 4.79 Å². The van der Waals surface area contributed by atoms with Gasteiger partial charge in [0.05, 0.1) is 11.8 Å². The molecule has 6 heteroatoms. The molecule has 0 radical (unpaired) electrons. The van der Waals surface area contributed by atoms with Crippen molar-refractivity contribution in [2.75, 3.05) is 11.9 Å². The van der Waals surface area contributed by atoms with Crippen molar-refractivity contribution in [2.24, 2.45) is 0 Å². The highest BCUT2D eigenvalue weighted by molar-refractivity contribution is 6.04. The first-order valence-corrected chi connectivity index (χ1v) is 5.86. The number of anilines is 1. The molecule has 0 fully saturated rings. The number of carboxylic acids is 1. The van der Waals surface area contributed by atoms with Crippen LogP contribution in [0.3, 0.4) is 0 Å². The summed E-state index contributed by atoms with van der Waals surface area (Å²) in [7, 11) is 0. The summed E-state index contributed by atoms with van der Waals surface area (Å²) >= 11 is 0. The summed E-state index contributed by atoms with van der Waals surface area (Å²) in [6.07, 6.45) is 1.44. The number of amides is 1. The lowest BCUT2D eigenvalue weighted by atomic mass is 10.2. The number of hydrogen-bond acceptors (Lipinski definition) is 4. The van der Waals surface area contributed by atoms with Gasteiger partial charge in [0.2, 0.25) is 0 Å². The number of benzene rings is 1. The fourth-order valence-corrected chi connectivity index (χ4v) is 1.63. The van der Waals surface area contributed by atoms with Crippen molar-refractivity contribution in [1.82, 2.24) is 0 Å². The van der Waals surface area contributed by atoms with Crippen molar-refractivity contribution < 1.29 is 23.8 Å². The Labute approximate surface area is 115 Å². The van der Waals surface area contributed by atoms with Crippen molar-refractivity contribution in [2.45, 2.75) is 6.92 Å². The molecule has 20 heavy (non-hydrogen) atoms. The minimum Gasteiger partial charge on any atom is -0.482 e. The normalized spacial score (nSPS) is 10.1. The number of carboxylic acid groups (broad SMARTS) is 1. The number of carbonyl (C=O) groups excluding carboxylic acids is 1. The van der Waals surface area contributed by atoms with Gasteiger partial charge in [-0.1, -0.05) is 6.07 Å². The summed E-state index contributed by atoms with van der Waals surface area (Å²) in [6.45, 7) is 1.26. The highest BCUT2D eigenvalue weighted by atomic mass is 16.5. The Kier molecular flexibility index (Phi) is 4.05. The van der Waals surface area contributed by atoms with Crippen LogP contribution in [0, 0.1) is 6.92 Å². The number of aliphatic carboxylic acids is 1. The third kappa shape index (κ3) is 3.38. The molecule has 2 aromatic rings. The summed E-state index contributed by atoms with van der Waals surface area (Å²) in [5.41, 5.74) is 0.959. The van der Waals surface area contributed by atoms with E-state index >= 15 is 0 Å². The molecular weight excluding hydrogens is 262 g/mol. The van der Waals surface area contributed by atoms with Gasteiger partial charge in [-0.15, -0.1) is 0 Å². The SMILES string of the molecule is Cc1occc1C(=O)Nc1cccc(OCC(=O)O)c1. The van der Waals surface area contributed by atoms with E-state index in [9.17, 15) is 9.59 Å². The van der Waals surface area contributed by atoms with Crippen LogP contribution in [0.4, 0.5) is 5.69 Å². The van der Waals surface area contributed by atoms with Crippen molar-refractivity contribution in [1.29, 1.82) is 0 Å². The third-order valence-corrected chi connectivity index (χ3v) is 2.56. The fraction of sp³-hybridized carbons (Fsp3) is 0.143. The molecule has 2 rings (SSSR count). The van der Waals surface area contributed by atoms with Crippen LogP contribution >= 0.6 is 0 Å². The summed E-state index contributed by atoms with van der Waals surface area (Å²) in [5, 5.41) is 11.2. The Morgan fingerprint density at radius 2 is 2.15 bits per heavy atom. The van der Waals surface area contributed by atoms with Crippen LogP contribution in [-0.4, -0.2) is 23.6 Å². The fourth-order valence-electron chi connectivity index (χ4n) is 1.63. The number of ether oxygens (including phenoxy) is 1. The number of carbonyl (C=O) groups is 2. The summed E-state index contributed by atoms with van der Waals surface area (Å²) in [5.74, 6) is -0.463. The maximum atomic E-state index is 12.0. The lowest BCUT2D eigenvalue weighted by Crippen LogP contribution is -2.13. The standard InChI is InChI=1S/C14H13NO5/c1-9-12(5-6-19-9)14(18)15-10-3-2-4-11(7-10)20-8-13(16)17/h2-7H,8H2,1H3,(H,15,18)(H,16,17). The summed E-state index contributed by atoms with van der Waals surface area (Å²) in [4.78, 5) is 22.4. The van der Waals surface area contributed by atoms with E-state index in [4.69, 9.17) is 14.3 Å². The van der Waals surface area contributed by atoms with Gasteiger partial charge < -0.3 is 19.6 Å². The zero-order valence-electron chi connectivity index (χ0n) is 10.8. The highest BCUT2D eigenvalue weighted by Crippen LogP contribution is 2.19. The predicted molar refractivity (Wildman–Crippen MR) is 71.0 cm³/mol. The molecule has 0 bridgehead atoms. The lowest BCUT2D eigenvalue weighted by molar-refractivity contribution is -0.139. The molecule has 1 heterocycles. The molecule has 0 aliphatic rings. The molecule has 1 amide bonds. The van der Waals surface area contributed by atoms with E-state index in [1.165, 1.54) is 6.26 Å². The first kappa shape index (κ1) is 13.7. The van der Waals surface area contributed by atoms with Crippen LogP contribution in [0.1, 0.15) is 16.1 Å². The Morgan fingerprint density at radius 1 is 1.35 bits per heavy atom. The van der Waals surface area contributed by atoms with Crippen molar-refractivity contribution in [3.05, 3.63) is 47.9 Å². The van der Waals surface area contributed by atoms with Crippen LogP contribution < -0.4 is 10.1 Å². The van der Waals surface area contributed by atoms with E-state index in [2.05, 4.69) is 5.32 Å². The largest absolute Gasteiger partial charge is 0.482 e. The third-order valence-electron chi connectivity index (χ3n) is 2.56. The molecule has 1 aromatic carbocycles. The molecule has 0 saturated carbocycles. The van der Waals surface area contributed by atoms with Gasteiger partial charge >= 0.3 is 5.97 Å². The number of aryl methyl sites for hydroxylation is 1. The summed E-state index contributed by atoms with van der Waals surface area (Å²) in [6, 6.07) is 8.09. The lowest BCUT2D eigenvalue weighted by Gasteiger charge is -2.07. The van der Waals surface area contributed by atoms with Crippen LogP contribution in [0.5, 0.6) is 5.75 Å². The van der Waals surface area contributed by atoms with Crippen molar-refractivity contribution in [3.8, 4) is 5.75 Å². The second-order valence-corrected chi connectivity index (χ2v) is 4.05. The predicted octanol–water partition coefficient (Wildman–Crippen LogP) is 2.30. The van der Waals surface area contributed by atoms with Gasteiger partial charge in [0.15, 0.2) is 6.61 Å². The Bertz CT molecular complexity index is 632. The van der Waals surface area contributed by atoms with Gasteiger partial charge in [-0.2, -0.15) is 0 Å². The van der Waals surface area contributed by atoms with Gasteiger partial charge in [-0.25, -0.2) is 4.79 Å². The molecule has 0 aliphatic carbocycles. The van der Waals surface area contributed by atoms with Crippen molar-refractivity contribution >= 4 is 17.6 Å². The van der Waals surface area contributed by atoms with E-state index in [0.29, 0.717) is 22.8 Å². The molecular formula is C14H13NO5. The maximum absolute atomic E-state index is 12.0. The first-order valence-electron chi connectivity index (χ1n) is 5.86. The van der Waals surface area contributed by atoms with E-state index in [-0.39, 0.29) is 5.91 Å². The quantitative estimate of drug-likeness (QED) is 0.874. The molecule has 0 unspecified atom stereocenters. The molecule has 6 nitrogen and oxygen atoms in total. The van der Waals surface area contributed by atoms with Crippen molar-refractivity contribution in [3.63, 3.8) is 0 Å². The second-order valence-electron chi connectivity index (χ2n) is 4.05. The molecule has 0 spiro atoms. The van der Waals surface area contributed by atoms with Gasteiger partial charge in [-0.05, 0) is 25.1 Å². The maximum Gasteiger partial charge on any atom is 0.341 e. The Morgan fingerprint density at radius 3 is 2.80 bits per heavy atom. The molecule has 2 N–H and O–H groups in total. The Hall–Kier alpha value is -2.76. The molecule has 0 aliphatic heterocycles. The molecule has 1 aromatic heterocycles. The molecule has 0 atom stereocenters. The van der Waals surface area contributed by atoms with E-state index < -0.39 is 12.6 Å². The van der Waals surface area contributed by atoms with Crippen LogP contribution in [0.15, 0.2) is 41.0 Å². The number of rotatable bonds is 5. The van der Waals surface area contributed by atoms with E-state index in [1.54, 1.807) is 37.3 Å². The zero-order chi connectivity index (χ0) is 14.5. The van der Waals surface area contributed by atoms with Crippen LogP contribution in [0.25, 0.3) is 0 Å². The minimum atomic E-state index is -1.06. The highest BCUT2D eigenvalue weighted by Gasteiger charge is 2.11. The average Bonchev–Trinajstić information content (AvgIpc) is 2.83. The minimum absolute atomic E-state index is 0.299. The zero-order valence-corrected chi connectivity index (χ0v) is 10.8. The van der Waals surface area contributed by atoms with E-state index in [1.807, 2.05) is 0 Å². The monoisotopic (exact) mass is 275 g/mol. The van der Waals surface area contributed by atoms with Gasteiger partial charge in [0.1, 0.15) is 11.5 Å². The van der Waals surface area contributed by atoms with Gasteiger partial charge in [0, 0.05) is 11.8 Å².